The average molecular weight is 546 g/mol. The Morgan fingerprint density at radius 1 is 1.00 bits per heavy atom. The van der Waals surface area contributed by atoms with Gasteiger partial charge in [-0.25, -0.2) is 9.79 Å². The van der Waals surface area contributed by atoms with Gasteiger partial charge in [-0.2, -0.15) is 0 Å². The first-order chi connectivity index (χ1) is 18.6. The van der Waals surface area contributed by atoms with Crippen LogP contribution in [0.2, 0.25) is 0 Å². The summed E-state index contributed by atoms with van der Waals surface area (Å²) in [5.41, 5.74) is 5.46. The number of benzene rings is 2. The molecular formula is C30H31N3O5S. The number of amides is 1. The van der Waals surface area contributed by atoms with E-state index in [4.69, 9.17) is 9.47 Å². The Balaban J connectivity index is 1.67. The Bertz CT molecular complexity index is 1480. The van der Waals surface area contributed by atoms with Crippen molar-refractivity contribution in [1.82, 2.24) is 4.98 Å². The molecule has 0 saturated carbocycles. The first-order valence-corrected chi connectivity index (χ1v) is 13.5. The van der Waals surface area contributed by atoms with E-state index in [2.05, 4.69) is 9.98 Å². The van der Waals surface area contributed by atoms with E-state index in [0.717, 1.165) is 28.5 Å². The molecule has 1 N–H and O–H groups in total. The third-order valence-corrected chi connectivity index (χ3v) is 7.12. The summed E-state index contributed by atoms with van der Waals surface area (Å²) in [5.74, 6) is -0.391. The Hall–Kier alpha value is -4.11. The number of anilines is 1. The van der Waals surface area contributed by atoms with Crippen molar-refractivity contribution in [1.29, 1.82) is 0 Å². The minimum atomic E-state index is -0.539. The summed E-state index contributed by atoms with van der Waals surface area (Å²) in [7, 11) is 1.59. The number of nitrogens with zero attached hydrogens (tertiary/aromatic N) is 2. The molecule has 9 heteroatoms. The minimum absolute atomic E-state index is 0.0201. The first kappa shape index (κ1) is 27.9. The fraction of sp³-hybridized carbons (Fsp3) is 0.267. The maximum atomic E-state index is 13.6. The second-order valence-corrected chi connectivity index (χ2v) is 10.2. The van der Waals surface area contributed by atoms with Crippen LogP contribution in [-0.2, 0) is 9.53 Å². The van der Waals surface area contributed by atoms with Crippen molar-refractivity contribution in [3.63, 3.8) is 0 Å². The predicted octanol–water partition coefficient (Wildman–Crippen LogP) is 5.79. The van der Waals surface area contributed by atoms with Gasteiger partial charge in [0.1, 0.15) is 11.4 Å². The van der Waals surface area contributed by atoms with Gasteiger partial charge in [-0.3, -0.25) is 14.5 Å². The number of aromatic nitrogens is 1. The lowest BCUT2D eigenvalue weighted by Gasteiger charge is -2.19. The second-order valence-electron chi connectivity index (χ2n) is 9.24. The van der Waals surface area contributed by atoms with Crippen molar-refractivity contribution in [3.05, 3.63) is 87.4 Å². The van der Waals surface area contributed by atoms with E-state index >= 15 is 0 Å². The number of ether oxygens (including phenoxy) is 2. The van der Waals surface area contributed by atoms with Crippen LogP contribution in [0.4, 0.5) is 5.69 Å². The van der Waals surface area contributed by atoms with Crippen LogP contribution in [0.3, 0.4) is 0 Å². The summed E-state index contributed by atoms with van der Waals surface area (Å²) < 4.78 is 10.4. The zero-order valence-corrected chi connectivity index (χ0v) is 23.7. The van der Waals surface area contributed by atoms with Gasteiger partial charge in [-0.15, -0.1) is 0 Å². The molecule has 1 aromatic heterocycles. The maximum absolute atomic E-state index is 13.6. The summed E-state index contributed by atoms with van der Waals surface area (Å²) in [6.07, 6.45) is 1.71. The molecule has 1 amide bonds. The van der Waals surface area contributed by atoms with E-state index in [9.17, 15) is 14.4 Å². The number of carbonyl (C=O) groups is 3. The smallest absolute Gasteiger partial charge is 0.340 e. The molecule has 3 aromatic rings. The zero-order valence-electron chi connectivity index (χ0n) is 22.9. The quantitative estimate of drug-likeness (QED) is 0.218. The molecule has 8 nitrogen and oxygen atoms in total. The molecular weight excluding hydrogens is 514 g/mol. The van der Waals surface area contributed by atoms with Crippen molar-refractivity contribution in [3.8, 4) is 5.75 Å². The average Bonchev–Trinajstić information content (AvgIpc) is 3.36. The van der Waals surface area contributed by atoms with Crippen molar-refractivity contribution in [2.75, 3.05) is 24.4 Å². The molecule has 4 rings (SSSR count). The van der Waals surface area contributed by atoms with Crippen LogP contribution in [-0.4, -0.2) is 47.3 Å². The Labute approximate surface area is 232 Å². The second kappa shape index (κ2) is 11.7. The molecule has 0 unspecified atom stereocenters. The Morgan fingerprint density at radius 2 is 1.64 bits per heavy atom. The van der Waals surface area contributed by atoms with Crippen LogP contribution in [0.5, 0.6) is 5.75 Å². The number of Topliss-reactive ketones (excluding diaryl/α,β-unsaturated/α-hetero) is 1. The number of rotatable bonds is 8. The summed E-state index contributed by atoms with van der Waals surface area (Å²) in [4.78, 5) is 48.8. The van der Waals surface area contributed by atoms with E-state index in [1.165, 1.54) is 4.90 Å². The molecule has 202 valence electrons. The number of aliphatic imine (C=N–C) groups is 1. The van der Waals surface area contributed by atoms with Crippen LogP contribution >= 0.6 is 11.8 Å². The van der Waals surface area contributed by atoms with E-state index in [-0.39, 0.29) is 35.3 Å². The van der Waals surface area contributed by atoms with Crippen LogP contribution in [0.1, 0.15) is 55.7 Å². The fourth-order valence-corrected chi connectivity index (χ4v) is 5.43. The van der Waals surface area contributed by atoms with Gasteiger partial charge in [0, 0.05) is 11.4 Å². The van der Waals surface area contributed by atoms with Crippen molar-refractivity contribution in [2.24, 2.45) is 4.99 Å². The van der Waals surface area contributed by atoms with E-state index in [1.807, 2.05) is 56.3 Å². The molecule has 0 fully saturated rings. The fourth-order valence-electron chi connectivity index (χ4n) is 4.55. The number of hydrogen-bond donors (Lipinski definition) is 1. The van der Waals surface area contributed by atoms with Crippen LogP contribution in [0.15, 0.2) is 53.2 Å². The van der Waals surface area contributed by atoms with E-state index in [1.54, 1.807) is 34.0 Å². The minimum Gasteiger partial charge on any atom is -0.497 e. The largest absolute Gasteiger partial charge is 0.497 e. The molecule has 2 aromatic carbocycles. The molecule has 39 heavy (non-hydrogen) atoms. The Kier molecular flexibility index (Phi) is 8.40. The van der Waals surface area contributed by atoms with Crippen molar-refractivity contribution in [2.45, 2.75) is 34.6 Å². The number of hydrogen-bond acceptors (Lipinski definition) is 7. The number of methoxy groups -OCH3 is 1. The highest BCUT2D eigenvalue weighted by atomic mass is 32.2. The predicted molar refractivity (Wildman–Crippen MR) is 155 cm³/mol. The number of thioether (sulfide) groups is 1. The number of esters is 1. The molecule has 0 aliphatic carbocycles. The van der Waals surface area contributed by atoms with E-state index < -0.39 is 5.97 Å². The zero-order chi connectivity index (χ0) is 28.3. The number of nitrogens with one attached hydrogen (secondary N) is 1. The lowest BCUT2D eigenvalue weighted by atomic mass is 10.1. The van der Waals surface area contributed by atoms with Crippen LogP contribution in [0, 0.1) is 27.7 Å². The number of aryl methyl sites for hydroxylation is 4. The monoisotopic (exact) mass is 545 g/mol. The van der Waals surface area contributed by atoms with Gasteiger partial charge in [0.05, 0.1) is 36.3 Å². The highest BCUT2D eigenvalue weighted by molar-refractivity contribution is 8.14. The first-order valence-electron chi connectivity index (χ1n) is 12.5. The lowest BCUT2D eigenvalue weighted by Crippen LogP contribution is -2.31. The number of aromatic amines is 1. The molecule has 0 bridgehead atoms. The topological polar surface area (TPSA) is 101 Å². The van der Waals surface area contributed by atoms with Gasteiger partial charge < -0.3 is 14.5 Å². The summed E-state index contributed by atoms with van der Waals surface area (Å²) >= 11 is 1.16. The van der Waals surface area contributed by atoms with Gasteiger partial charge in [0.25, 0.3) is 5.91 Å². The summed E-state index contributed by atoms with van der Waals surface area (Å²) in [6.45, 7) is 9.35. The van der Waals surface area contributed by atoms with Crippen molar-refractivity contribution >= 4 is 46.4 Å². The summed E-state index contributed by atoms with van der Waals surface area (Å²) in [5, 5.41) is 0.390. The highest BCUT2D eigenvalue weighted by Crippen LogP contribution is 2.32. The number of carbonyl (C=O) groups excluding carboxylic acids is 3. The molecule has 1 aliphatic rings. The number of H-pyrrole nitrogens is 1. The van der Waals surface area contributed by atoms with E-state index in [0.29, 0.717) is 33.6 Å². The molecule has 0 saturated heterocycles. The van der Waals surface area contributed by atoms with Gasteiger partial charge in [0.2, 0.25) is 0 Å². The third kappa shape index (κ3) is 5.98. The third-order valence-electron chi connectivity index (χ3n) is 6.18. The molecule has 0 spiro atoms. The van der Waals surface area contributed by atoms with Gasteiger partial charge in [0.15, 0.2) is 11.0 Å². The van der Waals surface area contributed by atoms with Gasteiger partial charge >= 0.3 is 5.97 Å². The van der Waals surface area contributed by atoms with Gasteiger partial charge in [-0.1, -0.05) is 30.0 Å². The molecule has 0 radical (unpaired) electrons. The number of ketones is 1. The maximum Gasteiger partial charge on any atom is 0.340 e. The number of amidine groups is 1. The van der Waals surface area contributed by atoms with Crippen LogP contribution in [0.25, 0.3) is 6.08 Å². The molecule has 2 heterocycles. The molecule has 0 atom stereocenters. The summed E-state index contributed by atoms with van der Waals surface area (Å²) in [6, 6.07) is 13.2. The van der Waals surface area contributed by atoms with Crippen molar-refractivity contribution < 1.29 is 23.9 Å². The normalized spacial score (nSPS) is 14.1. The van der Waals surface area contributed by atoms with Gasteiger partial charge in [-0.05, 0) is 81.7 Å². The highest BCUT2D eigenvalue weighted by Gasteiger charge is 2.33. The molecule has 1 aliphatic heterocycles. The Morgan fingerprint density at radius 3 is 2.26 bits per heavy atom. The SMILES string of the molecule is CCOC(=O)c1c(C)[nH]c(C)c1C(=O)CSC1=N/C(=C/c2ccc(OC)cc2)C(=O)N1c1cc(C)cc(C)c1. The lowest BCUT2D eigenvalue weighted by molar-refractivity contribution is -0.113. The standard InChI is InChI=1S/C30H31N3O5S/c1-7-38-29(36)27-20(5)31-19(4)26(27)25(34)16-39-30-32-24(15-21-8-10-23(37-6)11-9-21)28(35)33(30)22-13-17(2)12-18(3)14-22/h8-15,31H,7,16H2,1-6H3/b24-15+. The van der Waals surface area contributed by atoms with Crippen LogP contribution < -0.4 is 9.64 Å².